The number of fused-ring (bicyclic) bond motifs is 3. The number of rotatable bonds is 26. The van der Waals surface area contributed by atoms with Gasteiger partial charge in [-0.05, 0) is 63.7 Å². The number of aromatic nitrogens is 12. The Morgan fingerprint density at radius 1 is 0.342 bits per heavy atom. The Bertz CT molecular complexity index is 4970. The van der Waals surface area contributed by atoms with Gasteiger partial charge in [0.05, 0.1) is 58.2 Å². The normalized spacial score (nSPS) is 14.3. The summed E-state index contributed by atoms with van der Waals surface area (Å²) in [5.74, 6) is 7.93. The predicted molar refractivity (Wildman–Crippen MR) is 416 cm³/mol. The van der Waals surface area contributed by atoms with Crippen molar-refractivity contribution in [2.75, 3.05) is 163 Å². The third kappa shape index (κ3) is 19.6. The number of hydrogen-bond acceptors (Lipinski definition) is 29. The van der Waals surface area contributed by atoms with E-state index in [9.17, 15) is 19.0 Å². The summed E-state index contributed by atoms with van der Waals surface area (Å²) >= 11 is 0. The minimum absolute atomic E-state index is 0.0480. The first-order valence-electron chi connectivity index (χ1n) is 36.2. The topological polar surface area (TPSA) is 320 Å². The second-order valence-corrected chi connectivity index (χ2v) is 26.3. The summed E-state index contributed by atoms with van der Waals surface area (Å²) in [4.78, 5) is 67.7. The van der Waals surface area contributed by atoms with E-state index in [4.69, 9.17) is 38.6 Å². The number of piperazine rings is 3. The zero-order valence-electron chi connectivity index (χ0n) is 61.9. The number of alkyl halides is 2. The van der Waals surface area contributed by atoms with Gasteiger partial charge in [0.15, 0.2) is 34.5 Å². The Hall–Kier alpha value is -12.3. The van der Waals surface area contributed by atoms with Gasteiger partial charge in [-0.15, -0.1) is 0 Å². The molecule has 31 heteroatoms. The highest BCUT2D eigenvalue weighted by Gasteiger charge is 2.27. The van der Waals surface area contributed by atoms with E-state index in [0.717, 1.165) is 170 Å². The lowest BCUT2D eigenvalue weighted by Crippen LogP contribution is -2.47. The van der Waals surface area contributed by atoms with E-state index in [2.05, 4.69) is 118 Å². The van der Waals surface area contributed by atoms with Gasteiger partial charge in [-0.3, -0.25) is 0 Å². The lowest BCUT2D eigenvalue weighted by atomic mass is 10.1. The zero-order chi connectivity index (χ0) is 77.0. The first kappa shape index (κ1) is 76.9. The number of aliphatic hydroxyl groups excluding tert-OH is 4. The van der Waals surface area contributed by atoms with Crippen molar-refractivity contribution in [2.24, 2.45) is 0 Å². The maximum absolute atomic E-state index is 12.3. The van der Waals surface area contributed by atoms with Crippen LogP contribution in [0.25, 0.3) is 32.7 Å². The standard InChI is InChI=1S/2C27H30N6O4.C26H26F2N6O3/c1-36-24-13-23-22(12-25(24)37-17-21(35)16-34)26(31-18-30-23)32-7-9-33(10-8-32)27-28-14-20(15-29-27)11-19-5-3-2-4-6-19;1-36-24-12-22-23(13-25(24)37-17-21(35)16-34)30-18-31-26(22)32-7-9-33(10-8-32)27-28-14-20(15-29-27)11-19-5-3-2-4-6-19;1-35-22-12-20-21(13-23(22)36-2)31-16-32-24(20)33-7-9-34(10-8-33)26-29-14-18(15-30-26)11-17-3-5-19(6-4-17)37-25(27)28/h2*2-6,12-15,18,21,34-35H,7-11,16-17H2,1H3;3-6,12-16,25H,7-11H2,1-2H3. The van der Waals surface area contributed by atoms with Crippen molar-refractivity contribution in [3.05, 3.63) is 211 Å². The predicted octanol–water partition coefficient (Wildman–Crippen LogP) is 8.11. The van der Waals surface area contributed by atoms with E-state index in [1.165, 1.54) is 29.6 Å². The number of hydrogen-bond donors (Lipinski definition) is 4. The molecule has 9 heterocycles. The molecule has 2 atom stereocenters. The van der Waals surface area contributed by atoms with Gasteiger partial charge in [0, 0.05) is 169 Å². The third-order valence-corrected chi connectivity index (χ3v) is 18.9. The van der Waals surface area contributed by atoms with Crippen LogP contribution in [0.5, 0.6) is 40.2 Å². The van der Waals surface area contributed by atoms with E-state index >= 15 is 0 Å². The van der Waals surface area contributed by atoms with Gasteiger partial charge >= 0.3 is 6.61 Å². The van der Waals surface area contributed by atoms with E-state index in [1.807, 2.05) is 85.5 Å². The Morgan fingerprint density at radius 2 is 0.631 bits per heavy atom. The largest absolute Gasteiger partial charge is 0.493 e. The van der Waals surface area contributed by atoms with Crippen molar-refractivity contribution in [1.82, 2.24) is 59.8 Å². The number of halogens is 2. The van der Waals surface area contributed by atoms with Crippen LogP contribution in [0, 0.1) is 0 Å². The molecule has 6 aromatic carbocycles. The average molecular weight is 1510 g/mol. The highest BCUT2D eigenvalue weighted by atomic mass is 19.3. The quantitative estimate of drug-likeness (QED) is 0.0397. The Morgan fingerprint density at radius 3 is 0.964 bits per heavy atom. The molecule has 12 aromatic rings. The molecule has 0 saturated carbocycles. The number of ether oxygens (including phenoxy) is 7. The fraction of sp³-hybridized carbons (Fsp3) is 0.325. The lowest BCUT2D eigenvalue weighted by molar-refractivity contribution is -0.0498. The molecule has 0 radical (unpaired) electrons. The molecule has 15 rings (SSSR count). The molecule has 29 nitrogen and oxygen atoms in total. The Balaban J connectivity index is 0.000000146. The molecule has 0 amide bonds. The molecule has 3 aliphatic heterocycles. The van der Waals surface area contributed by atoms with Gasteiger partial charge in [0.2, 0.25) is 17.8 Å². The summed E-state index contributed by atoms with van der Waals surface area (Å²) in [5, 5.41) is 40.1. The third-order valence-electron chi connectivity index (χ3n) is 18.9. The van der Waals surface area contributed by atoms with Gasteiger partial charge in [-0.25, -0.2) is 59.8 Å². The minimum atomic E-state index is -2.83. The van der Waals surface area contributed by atoms with Crippen LogP contribution in [0.4, 0.5) is 44.1 Å². The molecule has 576 valence electrons. The molecule has 0 aliphatic carbocycles. The van der Waals surface area contributed by atoms with Gasteiger partial charge in [-0.1, -0.05) is 72.8 Å². The monoisotopic (exact) mass is 1510 g/mol. The van der Waals surface area contributed by atoms with Crippen LogP contribution in [-0.4, -0.2) is 232 Å². The number of aliphatic hydroxyl groups is 4. The van der Waals surface area contributed by atoms with Crippen molar-refractivity contribution >= 4 is 68.0 Å². The highest BCUT2D eigenvalue weighted by molar-refractivity contribution is 5.94. The van der Waals surface area contributed by atoms with Crippen LogP contribution in [0.3, 0.4) is 0 Å². The molecule has 4 N–H and O–H groups in total. The van der Waals surface area contributed by atoms with Crippen molar-refractivity contribution in [1.29, 1.82) is 0 Å². The molecule has 0 bridgehead atoms. The van der Waals surface area contributed by atoms with Crippen molar-refractivity contribution < 1.29 is 62.4 Å². The first-order valence-corrected chi connectivity index (χ1v) is 36.2. The molecule has 3 saturated heterocycles. The summed E-state index contributed by atoms with van der Waals surface area (Å²) < 4.78 is 62.2. The molecule has 3 aliphatic rings. The number of anilines is 6. The van der Waals surface area contributed by atoms with Gasteiger partial charge in [0.25, 0.3) is 0 Å². The molecule has 111 heavy (non-hydrogen) atoms. The van der Waals surface area contributed by atoms with Crippen LogP contribution < -0.4 is 62.6 Å². The van der Waals surface area contributed by atoms with E-state index < -0.39 is 18.8 Å². The number of methoxy groups -OCH3 is 4. The maximum Gasteiger partial charge on any atom is 0.387 e. The fourth-order valence-electron chi connectivity index (χ4n) is 13.1. The zero-order valence-corrected chi connectivity index (χ0v) is 61.9. The van der Waals surface area contributed by atoms with Crippen LogP contribution >= 0.6 is 0 Å². The van der Waals surface area contributed by atoms with Crippen molar-refractivity contribution in [3.63, 3.8) is 0 Å². The summed E-state index contributed by atoms with van der Waals surface area (Å²) in [5.41, 5.74) is 8.77. The summed E-state index contributed by atoms with van der Waals surface area (Å²) in [6.07, 6.45) is 16.2. The summed E-state index contributed by atoms with van der Waals surface area (Å²) in [7, 11) is 6.32. The SMILES string of the molecule is COc1cc2c(N3CCN(c4ncc(Cc5ccccc5)cn4)CC3)ncnc2cc1OCC(O)CO.COc1cc2ncnc(N3CCN(c4ncc(Cc5ccc(OC(F)F)cc5)cn4)CC3)c2cc1OC.COc1cc2ncnc(N3CCN(c4ncc(Cc5ccccc5)cn4)CC3)c2cc1OCC(O)CO. The van der Waals surface area contributed by atoms with Crippen LogP contribution in [0.15, 0.2) is 177 Å². The molecule has 3 fully saturated rings. The fourth-order valence-corrected chi connectivity index (χ4v) is 13.1. The van der Waals surface area contributed by atoms with E-state index in [0.29, 0.717) is 52.4 Å². The van der Waals surface area contributed by atoms with Crippen molar-refractivity contribution in [2.45, 2.75) is 38.1 Å². The minimum Gasteiger partial charge on any atom is -0.493 e. The average Bonchev–Trinajstić information content (AvgIpc) is 0.793. The molecule has 0 spiro atoms. The number of benzene rings is 6. The van der Waals surface area contributed by atoms with Crippen molar-refractivity contribution in [3.8, 4) is 40.2 Å². The molecular formula is C80H86F2N18O11. The second-order valence-electron chi connectivity index (χ2n) is 26.3. The van der Waals surface area contributed by atoms with Gasteiger partial charge in [0.1, 0.15) is 67.6 Å². The summed E-state index contributed by atoms with van der Waals surface area (Å²) in [6.45, 7) is 5.32. The van der Waals surface area contributed by atoms with E-state index in [-0.39, 0.29) is 32.2 Å². The van der Waals surface area contributed by atoms with Crippen LogP contribution in [0.1, 0.15) is 33.4 Å². The maximum atomic E-state index is 12.3. The summed E-state index contributed by atoms with van der Waals surface area (Å²) in [6, 6.07) is 38.2. The first-order chi connectivity index (χ1) is 54.3. The Kier molecular flexibility index (Phi) is 25.8. The van der Waals surface area contributed by atoms with Crippen LogP contribution in [-0.2, 0) is 19.3 Å². The second kappa shape index (κ2) is 37.2. The Labute approximate surface area is 639 Å². The van der Waals surface area contributed by atoms with E-state index in [1.54, 1.807) is 77.8 Å². The lowest BCUT2D eigenvalue weighted by Gasteiger charge is -2.35. The molecular weight excluding hydrogens is 1430 g/mol. The smallest absolute Gasteiger partial charge is 0.387 e. The van der Waals surface area contributed by atoms with Crippen LogP contribution in [0.2, 0.25) is 0 Å². The van der Waals surface area contributed by atoms with Gasteiger partial charge in [-0.2, -0.15) is 8.78 Å². The molecule has 6 aromatic heterocycles. The van der Waals surface area contributed by atoms with Gasteiger partial charge < -0.3 is 83.0 Å². The number of nitrogens with zero attached hydrogens (tertiary/aromatic N) is 18. The highest BCUT2D eigenvalue weighted by Crippen LogP contribution is 2.39. The molecule has 2 unspecified atom stereocenters.